The van der Waals surface area contributed by atoms with Crippen LogP contribution in [0.25, 0.3) is 0 Å². The summed E-state index contributed by atoms with van der Waals surface area (Å²) in [5, 5.41) is 7.33. The van der Waals surface area contributed by atoms with E-state index in [0.29, 0.717) is 19.2 Å². The molecule has 0 aliphatic heterocycles. The number of para-hydroxylation sites is 1. The van der Waals surface area contributed by atoms with Crippen molar-refractivity contribution in [2.24, 2.45) is 0 Å². The second-order valence-corrected chi connectivity index (χ2v) is 5.07. The van der Waals surface area contributed by atoms with Crippen LogP contribution in [0.2, 0.25) is 0 Å². The van der Waals surface area contributed by atoms with Crippen LogP contribution in [0.1, 0.15) is 37.8 Å². The second kappa shape index (κ2) is 7.10. The standard InChI is InChI=1S/C16H22N2O2/c1-4-13-7-5-6-8-16(13)19-11-15-9-14(18-20-15)10-17-12(2)3/h5-9,12,17H,4,10-11H2,1-3H3. The Kier molecular flexibility index (Phi) is 5.18. The maximum Gasteiger partial charge on any atom is 0.174 e. The highest BCUT2D eigenvalue weighted by molar-refractivity contribution is 5.33. The lowest BCUT2D eigenvalue weighted by molar-refractivity contribution is 0.246. The van der Waals surface area contributed by atoms with Crippen molar-refractivity contribution in [2.75, 3.05) is 0 Å². The average Bonchev–Trinajstić information content (AvgIpc) is 2.91. The van der Waals surface area contributed by atoms with Crippen LogP contribution in [-0.4, -0.2) is 11.2 Å². The fraction of sp³-hybridized carbons (Fsp3) is 0.438. The van der Waals surface area contributed by atoms with E-state index in [1.807, 2.05) is 24.3 Å². The van der Waals surface area contributed by atoms with E-state index in [1.165, 1.54) is 5.56 Å². The zero-order chi connectivity index (χ0) is 14.4. The van der Waals surface area contributed by atoms with Crippen LogP contribution in [0.4, 0.5) is 0 Å². The van der Waals surface area contributed by atoms with E-state index in [-0.39, 0.29) is 0 Å². The molecule has 1 aromatic carbocycles. The first-order valence-corrected chi connectivity index (χ1v) is 7.07. The number of aromatic nitrogens is 1. The molecular weight excluding hydrogens is 252 g/mol. The molecule has 0 bridgehead atoms. The van der Waals surface area contributed by atoms with Gasteiger partial charge in [0.05, 0.1) is 5.69 Å². The number of aryl methyl sites for hydroxylation is 1. The van der Waals surface area contributed by atoms with Gasteiger partial charge in [0, 0.05) is 18.7 Å². The molecule has 4 nitrogen and oxygen atoms in total. The van der Waals surface area contributed by atoms with Gasteiger partial charge in [-0.05, 0) is 18.1 Å². The molecular formula is C16H22N2O2. The third kappa shape index (κ3) is 4.10. The molecule has 0 aliphatic rings. The minimum Gasteiger partial charge on any atom is -0.485 e. The van der Waals surface area contributed by atoms with Crippen LogP contribution in [0.5, 0.6) is 5.75 Å². The Labute approximate surface area is 120 Å². The van der Waals surface area contributed by atoms with E-state index in [4.69, 9.17) is 9.26 Å². The Morgan fingerprint density at radius 2 is 2.10 bits per heavy atom. The number of benzene rings is 1. The molecule has 0 unspecified atom stereocenters. The highest BCUT2D eigenvalue weighted by atomic mass is 16.5. The molecule has 2 rings (SSSR count). The van der Waals surface area contributed by atoms with Crippen molar-refractivity contribution < 1.29 is 9.26 Å². The predicted octanol–water partition coefficient (Wildman–Crippen LogP) is 3.31. The van der Waals surface area contributed by atoms with Crippen molar-refractivity contribution in [3.63, 3.8) is 0 Å². The Morgan fingerprint density at radius 1 is 1.30 bits per heavy atom. The highest BCUT2D eigenvalue weighted by Gasteiger charge is 2.07. The average molecular weight is 274 g/mol. The van der Waals surface area contributed by atoms with E-state index in [1.54, 1.807) is 0 Å². The van der Waals surface area contributed by atoms with Crippen LogP contribution < -0.4 is 10.1 Å². The Morgan fingerprint density at radius 3 is 2.85 bits per heavy atom. The van der Waals surface area contributed by atoms with Crippen molar-refractivity contribution in [3.05, 3.63) is 47.3 Å². The summed E-state index contributed by atoms with van der Waals surface area (Å²) in [6, 6.07) is 10.4. The minimum atomic E-state index is 0.408. The minimum absolute atomic E-state index is 0.408. The number of hydrogen-bond donors (Lipinski definition) is 1. The summed E-state index contributed by atoms with van der Waals surface area (Å²) in [6.07, 6.45) is 0.955. The van der Waals surface area contributed by atoms with Crippen molar-refractivity contribution in [1.29, 1.82) is 0 Å². The molecule has 0 radical (unpaired) electrons. The molecule has 1 aromatic heterocycles. The zero-order valence-corrected chi connectivity index (χ0v) is 12.3. The summed E-state index contributed by atoms with van der Waals surface area (Å²) in [5.74, 6) is 1.66. The first-order valence-electron chi connectivity index (χ1n) is 7.07. The summed E-state index contributed by atoms with van der Waals surface area (Å²) in [6.45, 7) is 7.45. The Bertz CT molecular complexity index is 535. The number of hydrogen-bond acceptors (Lipinski definition) is 4. The van der Waals surface area contributed by atoms with Gasteiger partial charge in [-0.2, -0.15) is 0 Å². The van der Waals surface area contributed by atoms with Crippen LogP contribution in [0, 0.1) is 0 Å². The first kappa shape index (κ1) is 14.6. The third-order valence-corrected chi connectivity index (χ3v) is 3.02. The molecule has 1 heterocycles. The summed E-state index contributed by atoms with van der Waals surface area (Å²) in [5.41, 5.74) is 2.11. The van der Waals surface area contributed by atoms with Crippen molar-refractivity contribution in [1.82, 2.24) is 10.5 Å². The van der Waals surface area contributed by atoms with Gasteiger partial charge in [-0.1, -0.05) is 44.1 Å². The fourth-order valence-electron chi connectivity index (χ4n) is 1.90. The molecule has 0 saturated heterocycles. The summed E-state index contributed by atoms with van der Waals surface area (Å²) in [7, 11) is 0. The third-order valence-electron chi connectivity index (χ3n) is 3.02. The van der Waals surface area contributed by atoms with Crippen LogP contribution in [0.15, 0.2) is 34.9 Å². The lowest BCUT2D eigenvalue weighted by Gasteiger charge is -2.08. The molecule has 1 N–H and O–H groups in total. The lowest BCUT2D eigenvalue weighted by Crippen LogP contribution is -2.21. The van der Waals surface area contributed by atoms with E-state index in [9.17, 15) is 0 Å². The van der Waals surface area contributed by atoms with Gasteiger partial charge < -0.3 is 14.6 Å². The van der Waals surface area contributed by atoms with Gasteiger partial charge in [0.25, 0.3) is 0 Å². The van der Waals surface area contributed by atoms with Crippen molar-refractivity contribution in [2.45, 2.75) is 46.4 Å². The molecule has 0 amide bonds. The Balaban J connectivity index is 1.91. The van der Waals surface area contributed by atoms with E-state index >= 15 is 0 Å². The number of nitrogens with zero attached hydrogens (tertiary/aromatic N) is 1. The summed E-state index contributed by atoms with van der Waals surface area (Å²) >= 11 is 0. The highest BCUT2D eigenvalue weighted by Crippen LogP contribution is 2.19. The van der Waals surface area contributed by atoms with Crippen molar-refractivity contribution in [3.8, 4) is 5.75 Å². The van der Waals surface area contributed by atoms with Crippen LogP contribution >= 0.6 is 0 Å². The number of rotatable bonds is 7. The normalized spacial score (nSPS) is 11.0. The predicted molar refractivity (Wildman–Crippen MR) is 78.6 cm³/mol. The summed E-state index contributed by atoms with van der Waals surface area (Å²) < 4.78 is 11.1. The van der Waals surface area contributed by atoms with E-state index in [0.717, 1.165) is 23.6 Å². The van der Waals surface area contributed by atoms with Gasteiger partial charge in [-0.3, -0.25) is 0 Å². The molecule has 0 fully saturated rings. The number of ether oxygens (including phenoxy) is 1. The largest absolute Gasteiger partial charge is 0.485 e. The molecule has 0 aliphatic carbocycles. The number of nitrogens with one attached hydrogen (secondary N) is 1. The topological polar surface area (TPSA) is 47.3 Å². The molecule has 0 saturated carbocycles. The van der Waals surface area contributed by atoms with Crippen LogP contribution in [-0.2, 0) is 19.6 Å². The summed E-state index contributed by atoms with van der Waals surface area (Å²) in [4.78, 5) is 0. The van der Waals surface area contributed by atoms with Gasteiger partial charge >= 0.3 is 0 Å². The zero-order valence-electron chi connectivity index (χ0n) is 12.3. The second-order valence-electron chi connectivity index (χ2n) is 5.07. The molecule has 108 valence electrons. The van der Waals surface area contributed by atoms with E-state index in [2.05, 4.69) is 37.3 Å². The first-order chi connectivity index (χ1) is 9.69. The lowest BCUT2D eigenvalue weighted by atomic mass is 10.1. The molecule has 2 aromatic rings. The van der Waals surface area contributed by atoms with Gasteiger partial charge in [-0.15, -0.1) is 0 Å². The fourth-order valence-corrected chi connectivity index (χ4v) is 1.90. The van der Waals surface area contributed by atoms with Crippen LogP contribution in [0.3, 0.4) is 0 Å². The maximum atomic E-state index is 5.80. The smallest absolute Gasteiger partial charge is 0.174 e. The molecule has 0 atom stereocenters. The van der Waals surface area contributed by atoms with Gasteiger partial charge in [0.15, 0.2) is 5.76 Å². The molecule has 4 heteroatoms. The molecule has 20 heavy (non-hydrogen) atoms. The van der Waals surface area contributed by atoms with Gasteiger partial charge in [0.1, 0.15) is 12.4 Å². The SMILES string of the molecule is CCc1ccccc1OCc1cc(CNC(C)C)no1. The van der Waals surface area contributed by atoms with Gasteiger partial charge in [0.2, 0.25) is 0 Å². The molecule has 0 spiro atoms. The van der Waals surface area contributed by atoms with E-state index < -0.39 is 0 Å². The monoisotopic (exact) mass is 274 g/mol. The maximum absolute atomic E-state index is 5.80. The quantitative estimate of drug-likeness (QED) is 0.841. The van der Waals surface area contributed by atoms with Gasteiger partial charge in [-0.25, -0.2) is 0 Å². The van der Waals surface area contributed by atoms with Crippen molar-refractivity contribution >= 4 is 0 Å². The Hall–Kier alpha value is -1.81.